The highest BCUT2D eigenvalue weighted by Crippen LogP contribution is 2.28. The Bertz CT molecular complexity index is 1380. The summed E-state index contributed by atoms with van der Waals surface area (Å²) < 4.78 is 21.0. The molecular formula is C25H21NO7. The fraction of sp³-hybridized carbons (Fsp3) is 0.160. The van der Waals surface area contributed by atoms with E-state index in [9.17, 15) is 14.4 Å². The second kappa shape index (κ2) is 9.44. The van der Waals surface area contributed by atoms with Crippen molar-refractivity contribution < 1.29 is 28.2 Å². The lowest BCUT2D eigenvalue weighted by Crippen LogP contribution is -2.41. The maximum atomic E-state index is 12.4. The first-order valence-electron chi connectivity index (χ1n) is 10.2. The third-order valence-corrected chi connectivity index (χ3v) is 5.01. The van der Waals surface area contributed by atoms with Crippen LogP contribution in [0.5, 0.6) is 11.5 Å². The Hall–Kier alpha value is -4.33. The number of fused-ring (bicyclic) bond motifs is 3. The molecule has 4 aromatic rings. The minimum absolute atomic E-state index is 0.0813. The lowest BCUT2D eigenvalue weighted by molar-refractivity contribution is -0.136. The Labute approximate surface area is 188 Å². The Morgan fingerprint density at radius 3 is 2.42 bits per heavy atom. The number of esters is 1. The largest absolute Gasteiger partial charge is 0.497 e. The first-order chi connectivity index (χ1) is 15.9. The van der Waals surface area contributed by atoms with Crippen LogP contribution in [0.3, 0.4) is 0 Å². The Balaban J connectivity index is 1.44. The van der Waals surface area contributed by atoms with E-state index in [1.54, 1.807) is 30.3 Å². The minimum Gasteiger partial charge on any atom is -0.497 e. The average molecular weight is 447 g/mol. The zero-order valence-corrected chi connectivity index (χ0v) is 18.0. The van der Waals surface area contributed by atoms with Gasteiger partial charge in [-0.3, -0.25) is 0 Å². The molecule has 0 bridgehead atoms. The molecule has 0 radical (unpaired) electrons. The molecule has 1 heterocycles. The van der Waals surface area contributed by atoms with Crippen molar-refractivity contribution in [2.24, 2.45) is 0 Å². The molecule has 8 heteroatoms. The van der Waals surface area contributed by atoms with E-state index < -0.39 is 23.7 Å². The van der Waals surface area contributed by atoms with Crippen molar-refractivity contribution in [1.29, 1.82) is 0 Å². The number of nitrogens with one attached hydrogen (secondary N) is 1. The van der Waals surface area contributed by atoms with Crippen LogP contribution in [0.25, 0.3) is 21.7 Å². The number of hydrogen-bond acceptors (Lipinski definition) is 7. The highest BCUT2D eigenvalue weighted by atomic mass is 16.6. The predicted octanol–water partition coefficient (Wildman–Crippen LogP) is 4.18. The van der Waals surface area contributed by atoms with Crippen molar-refractivity contribution >= 4 is 33.8 Å². The van der Waals surface area contributed by atoms with Crippen molar-refractivity contribution in [3.8, 4) is 11.5 Å². The molecule has 8 nitrogen and oxygen atoms in total. The van der Waals surface area contributed by atoms with E-state index in [1.807, 2.05) is 30.3 Å². The van der Waals surface area contributed by atoms with Crippen LogP contribution < -0.4 is 20.4 Å². The molecule has 0 aliphatic heterocycles. The summed E-state index contributed by atoms with van der Waals surface area (Å²) in [5.74, 6) is 0.0252. The lowest BCUT2D eigenvalue weighted by Gasteiger charge is -2.14. The van der Waals surface area contributed by atoms with Gasteiger partial charge in [0.15, 0.2) is 0 Å². The fourth-order valence-corrected chi connectivity index (χ4v) is 3.29. The quantitative estimate of drug-likeness (QED) is 0.205. The topological polar surface area (TPSA) is 104 Å². The van der Waals surface area contributed by atoms with Crippen molar-refractivity contribution in [1.82, 2.24) is 5.32 Å². The summed E-state index contributed by atoms with van der Waals surface area (Å²) in [4.78, 5) is 36.8. The Morgan fingerprint density at radius 1 is 0.939 bits per heavy atom. The van der Waals surface area contributed by atoms with E-state index in [0.717, 1.165) is 5.56 Å². The van der Waals surface area contributed by atoms with Crippen LogP contribution in [0, 0.1) is 0 Å². The van der Waals surface area contributed by atoms with E-state index in [4.69, 9.17) is 18.6 Å². The van der Waals surface area contributed by atoms with E-state index in [2.05, 4.69) is 5.32 Å². The lowest BCUT2D eigenvalue weighted by atomic mass is 10.1. The summed E-state index contributed by atoms with van der Waals surface area (Å²) in [6.07, 6.45) is -0.741. The number of carbonyl (C=O) groups excluding carboxylic acids is 2. The molecule has 1 aromatic heterocycles. The van der Waals surface area contributed by atoms with Crippen LogP contribution in [0.4, 0.5) is 4.79 Å². The van der Waals surface area contributed by atoms with E-state index in [1.165, 1.54) is 20.1 Å². The summed E-state index contributed by atoms with van der Waals surface area (Å²) in [5.41, 5.74) is 0.563. The molecule has 33 heavy (non-hydrogen) atoms. The Kier molecular flexibility index (Phi) is 6.26. The van der Waals surface area contributed by atoms with Gasteiger partial charge in [0, 0.05) is 16.8 Å². The van der Waals surface area contributed by atoms with Crippen LogP contribution >= 0.6 is 0 Å². The zero-order valence-electron chi connectivity index (χ0n) is 18.0. The van der Waals surface area contributed by atoms with Crippen LogP contribution in [-0.4, -0.2) is 25.2 Å². The summed E-state index contributed by atoms with van der Waals surface area (Å²) in [7, 11) is 1.52. The molecule has 0 saturated heterocycles. The van der Waals surface area contributed by atoms with Gasteiger partial charge in [0.25, 0.3) is 0 Å². The number of ether oxygens (including phenoxy) is 3. The van der Waals surface area contributed by atoms with E-state index >= 15 is 0 Å². The first kappa shape index (κ1) is 21.9. The maximum absolute atomic E-state index is 12.4. The first-order valence-corrected chi connectivity index (χ1v) is 10.2. The van der Waals surface area contributed by atoms with Crippen LogP contribution in [0.2, 0.25) is 0 Å². The molecule has 0 spiro atoms. The van der Waals surface area contributed by atoms with Gasteiger partial charge in [-0.15, -0.1) is 0 Å². The second-order valence-corrected chi connectivity index (χ2v) is 7.31. The molecule has 3 aromatic carbocycles. The molecule has 1 atom stereocenters. The van der Waals surface area contributed by atoms with Gasteiger partial charge in [-0.25, -0.2) is 14.4 Å². The minimum atomic E-state index is -0.958. The summed E-state index contributed by atoms with van der Waals surface area (Å²) in [5, 5.41) is 4.19. The molecule has 0 saturated carbocycles. The third-order valence-electron chi connectivity index (χ3n) is 5.01. The number of carbonyl (C=O) groups is 2. The monoisotopic (exact) mass is 447 g/mol. The average Bonchev–Trinajstić information content (AvgIpc) is 2.83. The van der Waals surface area contributed by atoms with Gasteiger partial charge in [-0.1, -0.05) is 30.3 Å². The number of methoxy groups -OCH3 is 1. The number of rotatable bonds is 6. The van der Waals surface area contributed by atoms with Crippen molar-refractivity contribution in [3.63, 3.8) is 0 Å². The molecule has 1 N–H and O–H groups in total. The molecule has 0 aliphatic carbocycles. The summed E-state index contributed by atoms with van der Waals surface area (Å²) in [6.45, 7) is 1.56. The van der Waals surface area contributed by atoms with E-state index in [-0.39, 0.29) is 17.9 Å². The predicted molar refractivity (Wildman–Crippen MR) is 121 cm³/mol. The summed E-state index contributed by atoms with van der Waals surface area (Å²) >= 11 is 0. The van der Waals surface area contributed by atoms with Gasteiger partial charge in [0.1, 0.15) is 29.7 Å². The van der Waals surface area contributed by atoms with Gasteiger partial charge in [0.2, 0.25) is 0 Å². The summed E-state index contributed by atoms with van der Waals surface area (Å²) in [6, 6.07) is 18.1. The van der Waals surface area contributed by atoms with Gasteiger partial charge in [0.05, 0.1) is 12.5 Å². The molecule has 0 unspecified atom stereocenters. The maximum Gasteiger partial charge on any atom is 0.408 e. The van der Waals surface area contributed by atoms with Crippen molar-refractivity contribution in [2.75, 3.05) is 7.11 Å². The highest BCUT2D eigenvalue weighted by Gasteiger charge is 2.19. The molecule has 1 amide bonds. The van der Waals surface area contributed by atoms with Gasteiger partial charge in [-0.05, 0) is 42.8 Å². The molecule has 0 fully saturated rings. The van der Waals surface area contributed by atoms with Crippen LogP contribution in [0.15, 0.2) is 75.9 Å². The van der Waals surface area contributed by atoms with Crippen molar-refractivity contribution in [2.45, 2.75) is 19.6 Å². The SMILES string of the molecule is COc1ccc2c(c1)c(=O)oc1cc(OC(=O)[C@@H](C)NC(=O)OCc3ccccc3)ccc12. The number of alkyl carbamates (subject to hydrolysis) is 1. The molecule has 0 aliphatic rings. The van der Waals surface area contributed by atoms with Gasteiger partial charge < -0.3 is 23.9 Å². The smallest absolute Gasteiger partial charge is 0.408 e. The number of benzene rings is 3. The number of amides is 1. The normalized spacial score (nSPS) is 11.7. The molecule has 168 valence electrons. The second-order valence-electron chi connectivity index (χ2n) is 7.31. The molecule has 4 rings (SSSR count). The highest BCUT2D eigenvalue weighted by molar-refractivity contribution is 6.05. The molecular weight excluding hydrogens is 426 g/mol. The standard InChI is InChI=1S/C25H21NO7/c1-15(26-25(29)31-14-16-6-4-3-5-7-16)23(27)32-18-9-11-20-19-10-8-17(30-2)12-21(19)24(28)33-22(20)13-18/h3-13,15H,14H2,1-2H3,(H,26,29)/t15-/m1/s1. The van der Waals surface area contributed by atoms with Gasteiger partial charge >= 0.3 is 17.7 Å². The fourth-order valence-electron chi connectivity index (χ4n) is 3.29. The van der Waals surface area contributed by atoms with Crippen molar-refractivity contribution in [3.05, 3.63) is 82.7 Å². The Morgan fingerprint density at radius 2 is 1.67 bits per heavy atom. The number of hydrogen-bond donors (Lipinski definition) is 1. The third kappa shape index (κ3) is 4.95. The van der Waals surface area contributed by atoms with Crippen LogP contribution in [-0.2, 0) is 16.1 Å². The van der Waals surface area contributed by atoms with Crippen LogP contribution in [0.1, 0.15) is 12.5 Å². The zero-order chi connectivity index (χ0) is 23.4. The van der Waals surface area contributed by atoms with Gasteiger partial charge in [-0.2, -0.15) is 0 Å². The van der Waals surface area contributed by atoms with E-state index in [0.29, 0.717) is 21.9 Å².